The van der Waals surface area contributed by atoms with Gasteiger partial charge in [-0.2, -0.15) is 5.26 Å². The van der Waals surface area contributed by atoms with E-state index >= 15 is 0 Å². The third-order valence-corrected chi connectivity index (χ3v) is 4.88. The van der Waals surface area contributed by atoms with Crippen molar-refractivity contribution in [2.75, 3.05) is 6.54 Å². The molecule has 1 amide bonds. The number of hydrogen-bond donors (Lipinski definition) is 1. The minimum Gasteiger partial charge on any atom is -0.443 e. The van der Waals surface area contributed by atoms with E-state index in [4.69, 9.17) is 4.42 Å². The van der Waals surface area contributed by atoms with Crippen LogP contribution in [-0.4, -0.2) is 26.6 Å². The van der Waals surface area contributed by atoms with Crippen LogP contribution in [0.3, 0.4) is 0 Å². The Labute approximate surface area is 174 Å². The molecule has 0 aliphatic heterocycles. The first-order chi connectivity index (χ1) is 14.7. The van der Waals surface area contributed by atoms with Gasteiger partial charge >= 0.3 is 0 Å². The van der Waals surface area contributed by atoms with E-state index in [-0.39, 0.29) is 17.0 Å². The number of furan rings is 1. The van der Waals surface area contributed by atoms with Gasteiger partial charge in [0.1, 0.15) is 28.8 Å². The molecule has 0 spiro atoms. The smallest absolute Gasteiger partial charge is 0.256 e. The summed E-state index contributed by atoms with van der Waals surface area (Å²) in [6.45, 7) is 2.82. The summed E-state index contributed by atoms with van der Waals surface area (Å²) in [4.78, 5) is 17.2. The van der Waals surface area contributed by atoms with Crippen molar-refractivity contribution in [3.8, 4) is 12.0 Å². The number of nitrogens with one attached hydrogen (secondary N) is 1. The molecule has 1 N–H and O–H groups in total. The molecular formula is C23H21N5O2. The van der Waals surface area contributed by atoms with Gasteiger partial charge in [0.15, 0.2) is 0 Å². The topological polar surface area (TPSA) is 88.8 Å². The molecule has 7 heteroatoms. The Morgan fingerprint density at radius 3 is 2.67 bits per heavy atom. The van der Waals surface area contributed by atoms with Gasteiger partial charge in [0, 0.05) is 44.3 Å². The predicted octanol–water partition coefficient (Wildman–Crippen LogP) is 3.47. The zero-order valence-corrected chi connectivity index (χ0v) is 16.6. The number of amides is 1. The number of carbonyl (C=O) groups is 1. The van der Waals surface area contributed by atoms with Gasteiger partial charge in [-0.3, -0.25) is 9.36 Å². The van der Waals surface area contributed by atoms with Crippen molar-refractivity contribution in [3.05, 3.63) is 95.5 Å². The molecular weight excluding hydrogens is 378 g/mol. The van der Waals surface area contributed by atoms with Crippen molar-refractivity contribution < 1.29 is 9.21 Å². The van der Waals surface area contributed by atoms with E-state index in [0.29, 0.717) is 24.6 Å². The summed E-state index contributed by atoms with van der Waals surface area (Å²) in [5.41, 5.74) is 1.69. The van der Waals surface area contributed by atoms with Crippen molar-refractivity contribution in [1.82, 2.24) is 19.4 Å². The number of aryl methyl sites for hydroxylation is 1. The lowest BCUT2D eigenvalue weighted by atomic mass is 10.1. The molecule has 30 heavy (non-hydrogen) atoms. The Morgan fingerprint density at radius 2 is 1.93 bits per heavy atom. The first-order valence-corrected chi connectivity index (χ1v) is 9.66. The lowest BCUT2D eigenvalue weighted by molar-refractivity contribution is 0.0952. The number of benzene rings is 1. The minimum atomic E-state index is -0.327. The van der Waals surface area contributed by atoms with Crippen LogP contribution in [0, 0.1) is 18.3 Å². The number of hydrogen-bond acceptors (Lipinski definition) is 4. The average molecular weight is 399 g/mol. The van der Waals surface area contributed by atoms with Crippen LogP contribution < -0.4 is 5.32 Å². The van der Waals surface area contributed by atoms with E-state index in [1.54, 1.807) is 30.1 Å². The van der Waals surface area contributed by atoms with Crippen LogP contribution in [0.4, 0.5) is 0 Å². The fraction of sp³-hybridized carbons (Fsp3) is 0.174. The molecule has 0 saturated heterocycles. The van der Waals surface area contributed by atoms with Crippen LogP contribution in [0.25, 0.3) is 5.88 Å². The Bertz CT molecular complexity index is 1180. The van der Waals surface area contributed by atoms with Crippen LogP contribution in [0.1, 0.15) is 33.1 Å². The molecule has 0 aliphatic carbocycles. The average Bonchev–Trinajstić information content (AvgIpc) is 3.49. The molecule has 1 aromatic carbocycles. The SMILES string of the molecule is Cc1oc(-n2cccc2)c(C#N)c1C(=O)NCCc1nccn1Cc1ccccc1. The monoisotopic (exact) mass is 399 g/mol. The summed E-state index contributed by atoms with van der Waals surface area (Å²) in [5, 5.41) is 12.5. The van der Waals surface area contributed by atoms with Gasteiger partial charge in [-0.1, -0.05) is 30.3 Å². The molecule has 3 aromatic heterocycles. The Morgan fingerprint density at radius 1 is 1.17 bits per heavy atom. The van der Waals surface area contributed by atoms with Gasteiger partial charge in [0.25, 0.3) is 5.91 Å². The fourth-order valence-corrected chi connectivity index (χ4v) is 3.43. The normalized spacial score (nSPS) is 10.7. The van der Waals surface area contributed by atoms with Crippen LogP contribution in [0.5, 0.6) is 0 Å². The number of rotatable bonds is 7. The molecule has 7 nitrogen and oxygen atoms in total. The summed E-state index contributed by atoms with van der Waals surface area (Å²) >= 11 is 0. The van der Waals surface area contributed by atoms with Crippen molar-refractivity contribution in [2.45, 2.75) is 19.9 Å². The van der Waals surface area contributed by atoms with E-state index in [9.17, 15) is 10.1 Å². The summed E-state index contributed by atoms with van der Waals surface area (Å²) in [6.07, 6.45) is 7.81. The highest BCUT2D eigenvalue weighted by atomic mass is 16.4. The van der Waals surface area contributed by atoms with Gasteiger partial charge in [-0.25, -0.2) is 4.98 Å². The van der Waals surface area contributed by atoms with Gasteiger partial charge in [-0.15, -0.1) is 0 Å². The van der Waals surface area contributed by atoms with Gasteiger partial charge < -0.3 is 14.3 Å². The molecule has 0 radical (unpaired) electrons. The first-order valence-electron chi connectivity index (χ1n) is 9.66. The van der Waals surface area contributed by atoms with Crippen molar-refractivity contribution in [2.24, 2.45) is 0 Å². The maximum Gasteiger partial charge on any atom is 0.256 e. The highest BCUT2D eigenvalue weighted by Gasteiger charge is 2.24. The fourth-order valence-electron chi connectivity index (χ4n) is 3.43. The predicted molar refractivity (Wildman–Crippen MR) is 111 cm³/mol. The Kier molecular flexibility index (Phi) is 5.48. The zero-order valence-electron chi connectivity index (χ0n) is 16.6. The molecule has 0 saturated carbocycles. The molecule has 0 atom stereocenters. The Balaban J connectivity index is 1.43. The van der Waals surface area contributed by atoms with Crippen molar-refractivity contribution >= 4 is 5.91 Å². The molecule has 4 rings (SSSR count). The highest BCUT2D eigenvalue weighted by Crippen LogP contribution is 2.25. The molecule has 4 aromatic rings. The Hall–Kier alpha value is -4.05. The van der Waals surface area contributed by atoms with Crippen LogP contribution in [0.15, 0.2) is 71.7 Å². The maximum absolute atomic E-state index is 12.8. The lowest BCUT2D eigenvalue weighted by Crippen LogP contribution is -2.27. The lowest BCUT2D eigenvalue weighted by Gasteiger charge is -2.09. The van der Waals surface area contributed by atoms with Crippen molar-refractivity contribution in [3.63, 3.8) is 0 Å². The number of carbonyl (C=O) groups excluding carboxylic acids is 1. The van der Waals surface area contributed by atoms with Gasteiger partial charge in [0.2, 0.25) is 5.88 Å². The number of nitriles is 1. The summed E-state index contributed by atoms with van der Waals surface area (Å²) in [5.74, 6) is 1.32. The van der Waals surface area contributed by atoms with E-state index in [1.807, 2.05) is 36.5 Å². The summed E-state index contributed by atoms with van der Waals surface area (Å²) < 4.78 is 9.45. The second-order valence-corrected chi connectivity index (χ2v) is 6.88. The van der Waals surface area contributed by atoms with Gasteiger partial charge in [-0.05, 0) is 24.6 Å². The third kappa shape index (κ3) is 3.89. The molecule has 0 fully saturated rings. The maximum atomic E-state index is 12.8. The van der Waals surface area contributed by atoms with Gasteiger partial charge in [0.05, 0.1) is 0 Å². The number of nitrogens with zero attached hydrogens (tertiary/aromatic N) is 4. The minimum absolute atomic E-state index is 0.228. The largest absolute Gasteiger partial charge is 0.443 e. The third-order valence-electron chi connectivity index (χ3n) is 4.88. The summed E-state index contributed by atoms with van der Waals surface area (Å²) in [6, 6.07) is 15.9. The number of aromatic nitrogens is 3. The quantitative estimate of drug-likeness (QED) is 0.515. The van der Waals surface area contributed by atoms with Crippen LogP contribution in [0.2, 0.25) is 0 Å². The van der Waals surface area contributed by atoms with Crippen LogP contribution in [-0.2, 0) is 13.0 Å². The van der Waals surface area contributed by atoms with Crippen LogP contribution >= 0.6 is 0 Å². The van der Waals surface area contributed by atoms with E-state index in [1.165, 1.54) is 5.56 Å². The first kappa shape index (κ1) is 19.3. The zero-order chi connectivity index (χ0) is 20.9. The van der Waals surface area contributed by atoms with E-state index < -0.39 is 0 Å². The van der Waals surface area contributed by atoms with Crippen molar-refractivity contribution in [1.29, 1.82) is 5.26 Å². The highest BCUT2D eigenvalue weighted by molar-refractivity contribution is 5.98. The number of imidazole rings is 1. The standard InChI is InChI=1S/C23H21N5O2/c1-17-21(19(15-24)23(30-17)27-12-5-6-13-27)22(29)26-10-9-20-25-11-14-28(20)16-18-7-3-2-4-8-18/h2-8,11-14H,9-10,16H2,1H3,(H,26,29). The summed E-state index contributed by atoms with van der Waals surface area (Å²) in [7, 11) is 0. The molecule has 0 bridgehead atoms. The second kappa shape index (κ2) is 8.53. The molecule has 0 aliphatic rings. The second-order valence-electron chi connectivity index (χ2n) is 6.88. The molecule has 150 valence electrons. The molecule has 3 heterocycles. The van der Waals surface area contributed by atoms with E-state index in [0.717, 1.165) is 12.4 Å². The molecule has 0 unspecified atom stereocenters. The van der Waals surface area contributed by atoms with E-state index in [2.05, 4.69) is 33.1 Å².